The largest absolute Gasteiger partial charge is 0.366 e. The highest BCUT2D eigenvalue weighted by Crippen LogP contribution is 2.58. The van der Waals surface area contributed by atoms with E-state index in [1.54, 1.807) is 0 Å². The van der Waals surface area contributed by atoms with E-state index in [2.05, 4.69) is 191 Å². The fraction of sp³-hybridized carbons (Fsp3) is 0.0833. The van der Waals surface area contributed by atoms with Gasteiger partial charge in [0.2, 0.25) is 0 Å². The molecular weight excluding hydrogens is 619 g/mol. The van der Waals surface area contributed by atoms with Crippen LogP contribution in [0.25, 0.3) is 43.8 Å². The van der Waals surface area contributed by atoms with Crippen LogP contribution in [0.5, 0.6) is 0 Å². The first kappa shape index (κ1) is 28.7. The maximum absolute atomic E-state index is 4.12. The fourth-order valence-corrected chi connectivity index (χ4v) is 9.38. The van der Waals surface area contributed by atoms with Crippen molar-refractivity contribution < 1.29 is 0 Å². The second-order valence-electron chi connectivity index (χ2n) is 14.1. The zero-order chi connectivity index (χ0) is 33.5. The number of hydrogen-bond acceptors (Lipinski definition) is 2. The second-order valence-corrected chi connectivity index (χ2v) is 14.1. The minimum absolute atomic E-state index is 0.0260. The summed E-state index contributed by atoms with van der Waals surface area (Å²) in [4.78, 5) is 0. The van der Waals surface area contributed by atoms with Crippen LogP contribution in [0.2, 0.25) is 0 Å². The molecule has 3 aliphatic rings. The van der Waals surface area contributed by atoms with Gasteiger partial charge in [-0.2, -0.15) is 0 Å². The molecule has 0 bridgehead atoms. The van der Waals surface area contributed by atoms with E-state index in [1.807, 2.05) is 0 Å². The van der Waals surface area contributed by atoms with Gasteiger partial charge in [-0.25, -0.2) is 0 Å². The average Bonchev–Trinajstić information content (AvgIpc) is 3.72. The van der Waals surface area contributed by atoms with Gasteiger partial charge in [-0.1, -0.05) is 146 Å². The Balaban J connectivity index is 1.02. The Labute approximate surface area is 297 Å². The van der Waals surface area contributed by atoms with Crippen molar-refractivity contribution in [2.45, 2.75) is 24.0 Å². The van der Waals surface area contributed by atoms with Gasteiger partial charge in [0.1, 0.15) is 6.17 Å². The van der Waals surface area contributed by atoms with Gasteiger partial charge in [0, 0.05) is 34.0 Å². The van der Waals surface area contributed by atoms with E-state index in [4.69, 9.17) is 0 Å². The van der Waals surface area contributed by atoms with Gasteiger partial charge in [-0.15, -0.1) is 0 Å². The monoisotopic (exact) mass is 653 g/mol. The summed E-state index contributed by atoms with van der Waals surface area (Å²) in [7, 11) is 0. The zero-order valence-electron chi connectivity index (χ0n) is 28.0. The Hall–Kier alpha value is -6.16. The molecule has 0 spiro atoms. The Kier molecular flexibility index (Phi) is 6.28. The molecule has 3 heteroatoms. The second kappa shape index (κ2) is 11.2. The minimum atomic E-state index is -0.0486. The third-order valence-corrected chi connectivity index (χ3v) is 11.5. The van der Waals surface area contributed by atoms with Crippen molar-refractivity contribution in [3.63, 3.8) is 0 Å². The molecule has 0 fully saturated rings. The summed E-state index contributed by atoms with van der Waals surface area (Å²) < 4.78 is 2.39. The Morgan fingerprint density at radius 3 is 1.86 bits per heavy atom. The predicted octanol–water partition coefficient (Wildman–Crippen LogP) is 11.3. The van der Waals surface area contributed by atoms with Gasteiger partial charge < -0.3 is 9.88 Å². The maximum atomic E-state index is 4.12. The lowest BCUT2D eigenvalue weighted by molar-refractivity contribution is 0.505. The van der Waals surface area contributed by atoms with E-state index in [-0.39, 0.29) is 24.0 Å². The summed E-state index contributed by atoms with van der Waals surface area (Å²) in [5.74, 6) is 0.470. The van der Waals surface area contributed by atoms with Crippen molar-refractivity contribution in [1.82, 2.24) is 9.88 Å². The van der Waals surface area contributed by atoms with Crippen LogP contribution in [0.15, 0.2) is 182 Å². The van der Waals surface area contributed by atoms with Crippen molar-refractivity contribution in [3.05, 3.63) is 209 Å². The van der Waals surface area contributed by atoms with Crippen LogP contribution in [0.4, 0.5) is 5.69 Å². The molecule has 4 unspecified atom stereocenters. The van der Waals surface area contributed by atoms with Gasteiger partial charge in [0.15, 0.2) is 0 Å². The van der Waals surface area contributed by atoms with Crippen LogP contribution in [-0.2, 0) is 0 Å². The number of aromatic nitrogens is 1. The molecule has 2 aliphatic carbocycles. The van der Waals surface area contributed by atoms with E-state index in [1.165, 1.54) is 82.9 Å². The number of rotatable bonds is 4. The topological polar surface area (TPSA) is 29.0 Å². The standard InChI is InChI=1S/C48H35N3/c1-2-12-30(13-3-1)34-28-29-40(46-39-20-11-15-31-14-10-19-38(44(31)39)45(34)46)48-49-41-21-7-4-18-37(41)47(50-48)32-24-26-33(27-25-32)51-42-22-8-5-16-35(42)36-17-6-9-23-43(36)51/h1-29,45-50H. The normalized spacial score (nSPS) is 20.5. The molecule has 0 radical (unpaired) electrons. The maximum Gasteiger partial charge on any atom is 0.101 e. The first-order chi connectivity index (χ1) is 25.3. The third-order valence-electron chi connectivity index (χ3n) is 11.5. The van der Waals surface area contributed by atoms with Crippen molar-refractivity contribution in [2.24, 2.45) is 0 Å². The highest BCUT2D eigenvalue weighted by molar-refractivity contribution is 6.09. The Bertz CT molecular complexity index is 2660. The molecule has 8 aromatic rings. The molecule has 11 rings (SSSR count). The molecule has 7 aromatic carbocycles. The van der Waals surface area contributed by atoms with Gasteiger partial charge >= 0.3 is 0 Å². The van der Waals surface area contributed by atoms with Crippen LogP contribution >= 0.6 is 0 Å². The number of nitrogens with zero attached hydrogens (tertiary/aromatic N) is 1. The van der Waals surface area contributed by atoms with Crippen LogP contribution in [0, 0.1) is 0 Å². The molecule has 0 saturated carbocycles. The van der Waals surface area contributed by atoms with Crippen molar-refractivity contribution in [3.8, 4) is 5.69 Å². The summed E-state index contributed by atoms with van der Waals surface area (Å²) in [5.41, 5.74) is 14.3. The van der Waals surface area contributed by atoms with Crippen LogP contribution in [0.1, 0.15) is 45.7 Å². The SMILES string of the molecule is C1=C(c2ccccc2)C2c3cccc4cccc(c34)C2C(C2Nc3ccccc3C(c3ccc(-n4c5ccccc5c5ccccc54)cc3)N2)=C1. The smallest absolute Gasteiger partial charge is 0.101 e. The third kappa shape index (κ3) is 4.28. The number of fused-ring (bicyclic) bond motifs is 7. The van der Waals surface area contributed by atoms with Gasteiger partial charge in [0.05, 0.1) is 17.1 Å². The Morgan fingerprint density at radius 1 is 0.490 bits per heavy atom. The number of nitrogens with one attached hydrogen (secondary N) is 2. The van der Waals surface area contributed by atoms with Crippen LogP contribution in [0.3, 0.4) is 0 Å². The van der Waals surface area contributed by atoms with E-state index in [0.717, 1.165) is 0 Å². The molecule has 1 aliphatic heterocycles. The van der Waals surface area contributed by atoms with Gasteiger partial charge in [-0.3, -0.25) is 5.32 Å². The average molecular weight is 654 g/mol. The predicted molar refractivity (Wildman–Crippen MR) is 212 cm³/mol. The summed E-state index contributed by atoms with van der Waals surface area (Å²) in [6.45, 7) is 0. The summed E-state index contributed by atoms with van der Waals surface area (Å²) >= 11 is 0. The molecule has 0 saturated heterocycles. The minimum Gasteiger partial charge on any atom is -0.366 e. The van der Waals surface area contributed by atoms with Crippen molar-refractivity contribution >= 4 is 43.8 Å². The van der Waals surface area contributed by atoms with Crippen LogP contribution < -0.4 is 10.6 Å². The molecule has 4 atom stereocenters. The number of anilines is 1. The molecular formula is C48H35N3. The molecule has 3 nitrogen and oxygen atoms in total. The first-order valence-electron chi connectivity index (χ1n) is 18.0. The first-order valence-corrected chi connectivity index (χ1v) is 18.0. The van der Waals surface area contributed by atoms with Crippen molar-refractivity contribution in [2.75, 3.05) is 5.32 Å². The molecule has 242 valence electrons. The Morgan fingerprint density at radius 2 is 1.12 bits per heavy atom. The van der Waals surface area contributed by atoms with E-state index in [0.29, 0.717) is 0 Å². The number of hydrogen-bond donors (Lipinski definition) is 2. The molecule has 2 N–H and O–H groups in total. The number of benzene rings is 7. The zero-order valence-corrected chi connectivity index (χ0v) is 28.0. The molecule has 51 heavy (non-hydrogen) atoms. The molecule has 1 aromatic heterocycles. The van der Waals surface area contributed by atoms with E-state index in [9.17, 15) is 0 Å². The molecule has 0 amide bonds. The van der Waals surface area contributed by atoms with Gasteiger partial charge in [-0.05, 0) is 80.1 Å². The summed E-state index contributed by atoms with van der Waals surface area (Å²) in [5, 5.41) is 13.4. The molecule has 2 heterocycles. The summed E-state index contributed by atoms with van der Waals surface area (Å²) in [6.07, 6.45) is 4.73. The lowest BCUT2D eigenvalue weighted by Gasteiger charge is -2.41. The van der Waals surface area contributed by atoms with Crippen LogP contribution in [-0.4, -0.2) is 10.7 Å². The fourth-order valence-electron chi connectivity index (χ4n) is 9.38. The number of allylic oxidation sites excluding steroid dienone is 3. The van der Waals surface area contributed by atoms with Crippen molar-refractivity contribution in [1.29, 1.82) is 0 Å². The highest BCUT2D eigenvalue weighted by atomic mass is 15.2. The highest BCUT2D eigenvalue weighted by Gasteiger charge is 2.43. The lowest BCUT2D eigenvalue weighted by Crippen LogP contribution is -2.46. The lowest BCUT2D eigenvalue weighted by atomic mass is 9.72. The number of para-hydroxylation sites is 3. The van der Waals surface area contributed by atoms with Gasteiger partial charge in [0.25, 0.3) is 0 Å². The quantitative estimate of drug-likeness (QED) is 0.198. The van der Waals surface area contributed by atoms with E-state index < -0.39 is 0 Å². The van der Waals surface area contributed by atoms with E-state index >= 15 is 0 Å². The summed E-state index contributed by atoms with van der Waals surface area (Å²) in [6, 6.07) is 60.1.